The van der Waals surface area contributed by atoms with E-state index in [-0.39, 0.29) is 0 Å². The van der Waals surface area contributed by atoms with E-state index in [2.05, 4.69) is 76.6 Å². The van der Waals surface area contributed by atoms with Crippen LogP contribution in [0.4, 0.5) is 17.1 Å². The van der Waals surface area contributed by atoms with Gasteiger partial charge in [-0.1, -0.05) is 78.9 Å². The van der Waals surface area contributed by atoms with Crippen LogP contribution in [0.3, 0.4) is 0 Å². The summed E-state index contributed by atoms with van der Waals surface area (Å²) in [5.74, 6) is 0. The Morgan fingerprint density at radius 2 is 1.30 bits per heavy atom. The zero-order valence-corrected chi connectivity index (χ0v) is 29.7. The Hall–Kier alpha value is -7.00. The summed E-state index contributed by atoms with van der Waals surface area (Å²) in [6.45, 7) is 1.63. The molecule has 5 aliphatic rings. The van der Waals surface area contributed by atoms with Gasteiger partial charge in [-0.25, -0.2) is 0 Å². The van der Waals surface area contributed by atoms with Gasteiger partial charge in [0.05, 0.1) is 54.0 Å². The smallest absolute Gasteiger partial charge is 0.133 e. The summed E-state index contributed by atoms with van der Waals surface area (Å²) in [5, 5.41) is 8.96. The SMILES string of the molecule is C1=Cc2cccnc2C1.C1=NCc2ccccc21.C1=Nc2cccnc2C1.C1=Nc2cnccc2C1.c1ccc2c(c1)CN=N2.c1ccc2occc2c1. The van der Waals surface area contributed by atoms with Crippen LogP contribution in [0.1, 0.15) is 39.2 Å². The lowest BCUT2D eigenvalue weighted by Crippen LogP contribution is -1.83. The molecule has 1 aliphatic carbocycles. The highest BCUT2D eigenvalue weighted by Gasteiger charge is 2.06. The molecule has 0 saturated heterocycles. The van der Waals surface area contributed by atoms with E-state index in [9.17, 15) is 0 Å². The van der Waals surface area contributed by atoms with Gasteiger partial charge in [-0.2, -0.15) is 10.2 Å². The van der Waals surface area contributed by atoms with Gasteiger partial charge in [-0.15, -0.1) is 0 Å². The van der Waals surface area contributed by atoms with Crippen molar-refractivity contribution >= 4 is 52.8 Å². The van der Waals surface area contributed by atoms with Gasteiger partial charge >= 0.3 is 0 Å². The van der Waals surface area contributed by atoms with Gasteiger partial charge in [-0.05, 0) is 64.7 Å². The number of fused-ring (bicyclic) bond motifs is 6. The van der Waals surface area contributed by atoms with Crippen LogP contribution in [0.25, 0.3) is 17.0 Å². The maximum atomic E-state index is 5.12. The fraction of sp³-hybridized carbons (Fsp3) is 0.111. The molecule has 0 bridgehead atoms. The topological polar surface area (TPSA) is 114 Å². The lowest BCUT2D eigenvalue weighted by atomic mass is 10.1. The molecule has 3 aromatic carbocycles. The number of para-hydroxylation sites is 1. The minimum atomic E-state index is 0.760. The Morgan fingerprint density at radius 3 is 2.15 bits per heavy atom. The van der Waals surface area contributed by atoms with Gasteiger partial charge in [-0.3, -0.25) is 29.9 Å². The van der Waals surface area contributed by atoms with Crippen molar-refractivity contribution in [3.05, 3.63) is 186 Å². The van der Waals surface area contributed by atoms with Crippen molar-refractivity contribution in [2.24, 2.45) is 25.2 Å². The average Bonchev–Trinajstić information content (AvgIpc) is 4.09. The molecule has 0 N–H and O–H groups in total. The first-order valence-electron chi connectivity index (χ1n) is 17.8. The molecule has 0 atom stereocenters. The van der Waals surface area contributed by atoms with Crippen molar-refractivity contribution < 1.29 is 4.42 Å². The zero-order valence-electron chi connectivity index (χ0n) is 29.7. The van der Waals surface area contributed by atoms with E-state index in [4.69, 9.17) is 4.42 Å². The summed E-state index contributed by atoms with van der Waals surface area (Å²) < 4.78 is 5.12. The molecule has 8 heterocycles. The number of aromatic nitrogens is 3. The maximum Gasteiger partial charge on any atom is 0.133 e. The lowest BCUT2D eigenvalue weighted by molar-refractivity contribution is 0.616. The molecule has 9 nitrogen and oxygen atoms in total. The third kappa shape index (κ3) is 9.65. The molecule has 12 rings (SSSR count). The quantitative estimate of drug-likeness (QED) is 0.156. The fourth-order valence-corrected chi connectivity index (χ4v) is 5.83. The maximum absolute atomic E-state index is 5.12. The average molecular weight is 707 g/mol. The van der Waals surface area contributed by atoms with Crippen LogP contribution in [0.2, 0.25) is 0 Å². The van der Waals surface area contributed by atoms with E-state index in [0.29, 0.717) is 0 Å². The molecule has 0 unspecified atom stereocenters. The molecule has 0 radical (unpaired) electrons. The number of benzene rings is 3. The van der Waals surface area contributed by atoms with Crippen LogP contribution < -0.4 is 0 Å². The highest BCUT2D eigenvalue weighted by molar-refractivity contribution is 5.84. The van der Waals surface area contributed by atoms with Crippen LogP contribution in [0.15, 0.2) is 176 Å². The molecule has 0 spiro atoms. The van der Waals surface area contributed by atoms with Gasteiger partial charge in [0.25, 0.3) is 0 Å². The summed E-state index contributed by atoms with van der Waals surface area (Å²) in [6.07, 6.45) is 21.8. The van der Waals surface area contributed by atoms with Crippen LogP contribution in [0, 0.1) is 0 Å². The highest BCUT2D eigenvalue weighted by Crippen LogP contribution is 2.25. The molecular weight excluding hydrogens is 669 g/mol. The summed E-state index contributed by atoms with van der Waals surface area (Å²) in [5.41, 5.74) is 12.7. The van der Waals surface area contributed by atoms with E-state index in [1.807, 2.05) is 110 Å². The van der Waals surface area contributed by atoms with Crippen molar-refractivity contribution in [1.29, 1.82) is 0 Å². The summed E-state index contributed by atoms with van der Waals surface area (Å²) >= 11 is 0. The molecule has 0 saturated carbocycles. The molecule has 54 heavy (non-hydrogen) atoms. The van der Waals surface area contributed by atoms with Gasteiger partial charge < -0.3 is 4.42 Å². The standard InChI is InChI=1S/2C8H7N.C8H6O.3C7H6N2/c1-3-7-4-2-6-9-8(7)5-1;1-2-4-8-6-9-5-7(8)3-1;1-2-4-8-7(3-1)5-6-9-8;1-3-8-5-7-6(1)2-4-9-7;1-2-6-7(8-4-1)3-5-9-6;1-2-4-7-6(3-1)5-8-9-7/h1-4,6H,5H2;1-5H,6H2;1-6H;1,3-5H,2H2;1-2,4-5H,3H2;1-4H,5H2. The Kier molecular flexibility index (Phi) is 12.1. The van der Waals surface area contributed by atoms with Crippen LogP contribution in [-0.2, 0) is 32.4 Å². The Balaban J connectivity index is 0.0000001000. The number of furan rings is 1. The number of allylic oxidation sites excluding steroid dienone is 1. The van der Waals surface area contributed by atoms with E-state index in [1.165, 1.54) is 33.5 Å². The van der Waals surface area contributed by atoms with Crippen LogP contribution in [-0.4, -0.2) is 33.6 Å². The number of nitrogens with zero attached hydrogens (tertiary/aromatic N) is 8. The molecule has 9 heteroatoms. The second kappa shape index (κ2) is 18.5. The number of pyridine rings is 3. The van der Waals surface area contributed by atoms with E-state index in [0.717, 1.165) is 66.1 Å². The summed E-state index contributed by atoms with van der Waals surface area (Å²) in [4.78, 5) is 24.6. The number of aliphatic imine (C=N–C) groups is 3. The van der Waals surface area contributed by atoms with Crippen LogP contribution >= 0.6 is 0 Å². The van der Waals surface area contributed by atoms with E-state index >= 15 is 0 Å². The lowest BCUT2D eigenvalue weighted by Gasteiger charge is -1.92. The first-order valence-corrected chi connectivity index (χ1v) is 17.8. The Bertz CT molecular complexity index is 2110. The highest BCUT2D eigenvalue weighted by atomic mass is 16.3. The van der Waals surface area contributed by atoms with Gasteiger partial charge in [0, 0.05) is 67.4 Å². The molecule has 7 aromatic rings. The van der Waals surface area contributed by atoms with Crippen molar-refractivity contribution in [2.45, 2.75) is 32.4 Å². The molecule has 4 aromatic heterocycles. The molecule has 0 amide bonds. The minimum absolute atomic E-state index is 0.760. The zero-order chi connectivity index (χ0) is 36.6. The van der Waals surface area contributed by atoms with Crippen molar-refractivity contribution in [1.82, 2.24) is 15.0 Å². The van der Waals surface area contributed by atoms with Gasteiger partial charge in [0.1, 0.15) is 5.58 Å². The Labute approximate surface area is 314 Å². The number of azo groups is 1. The second-order valence-electron chi connectivity index (χ2n) is 12.3. The fourth-order valence-electron chi connectivity index (χ4n) is 5.83. The Morgan fingerprint density at radius 1 is 0.537 bits per heavy atom. The molecule has 264 valence electrons. The van der Waals surface area contributed by atoms with Gasteiger partial charge in [0.2, 0.25) is 0 Å². The normalized spacial score (nSPS) is 13.2. The van der Waals surface area contributed by atoms with Crippen LogP contribution in [0.5, 0.6) is 0 Å². The van der Waals surface area contributed by atoms with Crippen molar-refractivity contribution in [3.63, 3.8) is 0 Å². The van der Waals surface area contributed by atoms with Gasteiger partial charge in [0.15, 0.2) is 0 Å². The first kappa shape index (κ1) is 35.4. The second-order valence-corrected chi connectivity index (χ2v) is 12.3. The first-order chi connectivity index (χ1) is 26.8. The largest absolute Gasteiger partial charge is 0.464 e. The predicted molar refractivity (Wildman–Crippen MR) is 218 cm³/mol. The summed E-state index contributed by atoms with van der Waals surface area (Å²) in [7, 11) is 0. The van der Waals surface area contributed by atoms with Crippen molar-refractivity contribution in [3.8, 4) is 0 Å². The van der Waals surface area contributed by atoms with E-state index in [1.54, 1.807) is 24.9 Å². The molecule has 0 fully saturated rings. The minimum Gasteiger partial charge on any atom is -0.464 e. The number of hydrogen-bond acceptors (Lipinski definition) is 9. The number of rotatable bonds is 0. The third-order valence-electron chi connectivity index (χ3n) is 8.66. The number of hydrogen-bond donors (Lipinski definition) is 0. The third-order valence-corrected chi connectivity index (χ3v) is 8.66. The monoisotopic (exact) mass is 706 g/mol. The molecule has 4 aliphatic heterocycles. The van der Waals surface area contributed by atoms with Crippen molar-refractivity contribution in [2.75, 3.05) is 0 Å². The predicted octanol–water partition coefficient (Wildman–Crippen LogP) is 10.7. The van der Waals surface area contributed by atoms with E-state index < -0.39 is 0 Å². The molecular formula is C45H38N8O. The summed E-state index contributed by atoms with van der Waals surface area (Å²) in [6, 6.07) is 36.1.